The molecule has 0 spiro atoms. The van der Waals surface area contributed by atoms with Crippen LogP contribution < -0.4 is 9.47 Å². The molecule has 4 saturated heterocycles. The molecule has 4 heterocycles. The second-order valence-electron chi connectivity index (χ2n) is 11.6. The molecule has 0 bridgehead atoms. The van der Waals surface area contributed by atoms with Crippen molar-refractivity contribution in [2.45, 2.75) is 73.6 Å². The number of aliphatic hydroxyl groups excluding tert-OH is 8. The van der Waals surface area contributed by atoms with Crippen molar-refractivity contribution in [3.63, 3.8) is 0 Å². The Balaban J connectivity index is 1.06. The van der Waals surface area contributed by atoms with Gasteiger partial charge in [-0.3, -0.25) is 0 Å². The smallest absolute Gasteiger partial charge is 0.229 e. The maximum Gasteiger partial charge on any atom is 0.229 e. The average molecular weight is 623 g/mol. The molecule has 4 aliphatic heterocycles. The zero-order valence-electron chi connectivity index (χ0n) is 23.6. The molecule has 14 heteroatoms. The van der Waals surface area contributed by atoms with E-state index in [1.807, 2.05) is 24.3 Å². The molecule has 8 N–H and O–H groups in total. The lowest BCUT2D eigenvalue weighted by atomic mass is 9.85. The molecule has 0 saturated carbocycles. The molecule has 0 amide bonds. The van der Waals surface area contributed by atoms with Crippen LogP contribution in [0.2, 0.25) is 0 Å². The van der Waals surface area contributed by atoms with Gasteiger partial charge >= 0.3 is 0 Å². The van der Waals surface area contributed by atoms with Crippen LogP contribution in [0.25, 0.3) is 0 Å². The Morgan fingerprint density at radius 3 is 1.23 bits per heavy atom. The summed E-state index contributed by atoms with van der Waals surface area (Å²) < 4.78 is 34.6. The second kappa shape index (κ2) is 13.1. The van der Waals surface area contributed by atoms with Gasteiger partial charge in [-0.1, -0.05) is 24.3 Å². The minimum atomic E-state index is -1.53. The standard InChI is InChI=1S/C30H38O14/c31-9-19-21(33)23(35)25(37)29(43-19)41-15-5-1-13(2-6-15)27-17-11-40-28(18(17)12-39-27)14-3-7-16(8-4-14)42-30-26(38)24(36)22(34)20(10-32)44-30/h1-8,17-38H,9-12H2/t17?,18?,19-,20-,21+,22+,23-,24-,25-,26-,27?,28?,29-,30-/m1/s1. The van der Waals surface area contributed by atoms with Gasteiger partial charge in [-0.2, -0.15) is 0 Å². The molecule has 14 atom stereocenters. The number of hydrogen-bond donors (Lipinski definition) is 8. The molecule has 44 heavy (non-hydrogen) atoms. The van der Waals surface area contributed by atoms with Crippen molar-refractivity contribution >= 4 is 0 Å². The van der Waals surface area contributed by atoms with E-state index in [1.54, 1.807) is 24.3 Å². The van der Waals surface area contributed by atoms with Crippen LogP contribution in [0.4, 0.5) is 0 Å². The molecule has 6 rings (SSSR count). The minimum absolute atomic E-state index is 0.0854. The fourth-order valence-electron chi connectivity index (χ4n) is 6.30. The van der Waals surface area contributed by atoms with Crippen LogP contribution in [0.1, 0.15) is 23.3 Å². The third-order valence-corrected chi connectivity index (χ3v) is 8.88. The monoisotopic (exact) mass is 622 g/mol. The molecule has 4 aliphatic rings. The van der Waals surface area contributed by atoms with E-state index in [9.17, 15) is 40.9 Å². The van der Waals surface area contributed by atoms with Gasteiger partial charge in [0.05, 0.1) is 38.6 Å². The van der Waals surface area contributed by atoms with Gasteiger partial charge in [0.2, 0.25) is 12.6 Å². The topological polar surface area (TPSA) is 217 Å². The van der Waals surface area contributed by atoms with Gasteiger partial charge in [0, 0.05) is 11.8 Å². The Bertz CT molecular complexity index is 1130. The summed E-state index contributed by atoms with van der Waals surface area (Å²) in [5.74, 6) is 0.892. The molecule has 0 aromatic heterocycles. The lowest BCUT2D eigenvalue weighted by Crippen LogP contribution is -2.60. The highest BCUT2D eigenvalue weighted by Gasteiger charge is 2.49. The molecule has 0 aliphatic carbocycles. The molecule has 2 aromatic carbocycles. The summed E-state index contributed by atoms with van der Waals surface area (Å²) in [4.78, 5) is 0. The van der Waals surface area contributed by atoms with Crippen molar-refractivity contribution in [3.8, 4) is 11.5 Å². The van der Waals surface area contributed by atoms with Crippen molar-refractivity contribution in [1.29, 1.82) is 0 Å². The molecular weight excluding hydrogens is 584 g/mol. The van der Waals surface area contributed by atoms with Crippen LogP contribution in [0, 0.1) is 11.8 Å². The fourth-order valence-corrected chi connectivity index (χ4v) is 6.30. The van der Waals surface area contributed by atoms with Crippen molar-refractivity contribution < 1.29 is 69.3 Å². The summed E-state index contributed by atoms with van der Waals surface area (Å²) in [5, 5.41) is 79.2. The van der Waals surface area contributed by atoms with Crippen LogP contribution in [0.15, 0.2) is 48.5 Å². The minimum Gasteiger partial charge on any atom is -0.462 e. The first-order valence-electron chi connectivity index (χ1n) is 14.6. The SMILES string of the molecule is OC[C@H]1O[C@@H](Oc2ccc(C3OCC4C(c5ccc(O[C@@H]6O[C@H](CO)[C@H](O)[C@@H](O)[C@H]6O)cc5)OCC34)cc2)[C@H](O)[C@H](O)[C@H]1O. The van der Waals surface area contributed by atoms with Crippen LogP contribution in [0.3, 0.4) is 0 Å². The van der Waals surface area contributed by atoms with E-state index in [0.29, 0.717) is 24.7 Å². The highest BCUT2D eigenvalue weighted by molar-refractivity contribution is 5.32. The predicted molar refractivity (Wildman–Crippen MR) is 146 cm³/mol. The Morgan fingerprint density at radius 1 is 0.523 bits per heavy atom. The number of hydrogen-bond acceptors (Lipinski definition) is 14. The average Bonchev–Trinajstić information content (AvgIpc) is 3.65. The molecule has 0 radical (unpaired) electrons. The number of aliphatic hydroxyl groups is 8. The van der Waals surface area contributed by atoms with Crippen molar-refractivity contribution in [2.75, 3.05) is 26.4 Å². The van der Waals surface area contributed by atoms with Gasteiger partial charge < -0.3 is 69.3 Å². The van der Waals surface area contributed by atoms with Gasteiger partial charge in [-0.15, -0.1) is 0 Å². The predicted octanol–water partition coefficient (Wildman–Crippen LogP) is -1.88. The maximum absolute atomic E-state index is 10.2. The molecule has 4 unspecified atom stereocenters. The first kappa shape index (κ1) is 31.5. The molecule has 2 aromatic rings. The number of fused-ring (bicyclic) bond motifs is 1. The van der Waals surface area contributed by atoms with Gasteiger partial charge in [0.15, 0.2) is 0 Å². The lowest BCUT2D eigenvalue weighted by molar-refractivity contribution is -0.277. The number of benzene rings is 2. The van der Waals surface area contributed by atoms with Crippen LogP contribution >= 0.6 is 0 Å². The van der Waals surface area contributed by atoms with E-state index in [0.717, 1.165) is 11.1 Å². The number of rotatable bonds is 8. The zero-order valence-corrected chi connectivity index (χ0v) is 23.6. The van der Waals surface area contributed by atoms with Crippen LogP contribution in [0.5, 0.6) is 11.5 Å². The van der Waals surface area contributed by atoms with Gasteiger partial charge in [-0.05, 0) is 35.4 Å². The van der Waals surface area contributed by atoms with Gasteiger partial charge in [-0.25, -0.2) is 0 Å². The zero-order chi connectivity index (χ0) is 31.1. The fraction of sp³-hybridized carbons (Fsp3) is 0.600. The summed E-state index contributed by atoms with van der Waals surface area (Å²) in [5.41, 5.74) is 1.82. The van der Waals surface area contributed by atoms with E-state index in [1.165, 1.54) is 0 Å². The highest BCUT2D eigenvalue weighted by atomic mass is 16.7. The van der Waals surface area contributed by atoms with Crippen LogP contribution in [-0.2, 0) is 18.9 Å². The van der Waals surface area contributed by atoms with Crippen molar-refractivity contribution in [3.05, 3.63) is 59.7 Å². The third-order valence-electron chi connectivity index (χ3n) is 8.88. The summed E-state index contributed by atoms with van der Waals surface area (Å²) in [6, 6.07) is 14.1. The third kappa shape index (κ3) is 5.93. The van der Waals surface area contributed by atoms with Gasteiger partial charge in [0.25, 0.3) is 0 Å². The maximum atomic E-state index is 10.2. The Hall–Kier alpha value is -2.44. The largest absolute Gasteiger partial charge is 0.462 e. The van der Waals surface area contributed by atoms with E-state index in [-0.39, 0.29) is 24.0 Å². The lowest BCUT2D eigenvalue weighted by Gasteiger charge is -2.39. The first-order valence-corrected chi connectivity index (χ1v) is 14.6. The second-order valence-corrected chi connectivity index (χ2v) is 11.6. The molecular formula is C30H38O14. The summed E-state index contributed by atoms with van der Waals surface area (Å²) in [6.45, 7) is -0.138. The van der Waals surface area contributed by atoms with Gasteiger partial charge in [0.1, 0.15) is 60.3 Å². The Morgan fingerprint density at radius 2 is 0.886 bits per heavy atom. The molecule has 14 nitrogen and oxygen atoms in total. The summed E-state index contributed by atoms with van der Waals surface area (Å²) >= 11 is 0. The quantitative estimate of drug-likeness (QED) is 0.162. The van der Waals surface area contributed by atoms with Crippen molar-refractivity contribution in [2.24, 2.45) is 11.8 Å². The first-order chi connectivity index (χ1) is 21.2. The van der Waals surface area contributed by atoms with Crippen LogP contribution in [-0.4, -0.2) is 129 Å². The Labute approximate surface area is 252 Å². The molecule has 4 fully saturated rings. The van der Waals surface area contributed by atoms with E-state index in [4.69, 9.17) is 28.4 Å². The van der Waals surface area contributed by atoms with E-state index >= 15 is 0 Å². The van der Waals surface area contributed by atoms with E-state index < -0.39 is 74.6 Å². The van der Waals surface area contributed by atoms with Crippen molar-refractivity contribution in [1.82, 2.24) is 0 Å². The van der Waals surface area contributed by atoms with E-state index in [2.05, 4.69) is 0 Å². The Kier molecular flexibility index (Phi) is 9.40. The summed E-state index contributed by atoms with van der Waals surface area (Å²) in [6.07, 6.45) is -14.1. The molecule has 242 valence electrons. The normalized spacial score (nSPS) is 42.2. The highest BCUT2D eigenvalue weighted by Crippen LogP contribution is 2.50. The summed E-state index contributed by atoms with van der Waals surface area (Å²) in [7, 11) is 0. The number of ether oxygens (including phenoxy) is 6.